The summed E-state index contributed by atoms with van der Waals surface area (Å²) in [5, 5.41) is 9.32. The molecule has 0 radical (unpaired) electrons. The Morgan fingerprint density at radius 3 is 2.63 bits per heavy atom. The van der Waals surface area contributed by atoms with Crippen LogP contribution in [0.25, 0.3) is 0 Å². The van der Waals surface area contributed by atoms with Crippen LogP contribution in [-0.4, -0.2) is 23.9 Å². The van der Waals surface area contributed by atoms with Crippen LogP contribution in [0.2, 0.25) is 0 Å². The fraction of sp³-hybridized carbons (Fsp3) is 0.500. The van der Waals surface area contributed by atoms with E-state index in [-0.39, 0.29) is 5.91 Å². The van der Waals surface area contributed by atoms with Gasteiger partial charge in [0.2, 0.25) is 5.91 Å². The lowest BCUT2D eigenvalue weighted by atomic mass is 9.99. The number of nitrogens with zero attached hydrogens (tertiary/aromatic N) is 2. The molecule has 2 rings (SSSR count). The molecule has 1 fully saturated rings. The Balaban J connectivity index is 2.11. The standard InChI is InChI=1S/C16H20N2O/c1-2-10-18(12-13-8-9-13)16(19)15(11-17)14-6-4-3-5-7-14/h3-7,13,15H,2,8-10,12H2,1H3. The smallest absolute Gasteiger partial charge is 0.244 e. The number of nitriles is 1. The van der Waals surface area contributed by atoms with Crippen LogP contribution in [0.3, 0.4) is 0 Å². The minimum atomic E-state index is -0.661. The number of carbonyl (C=O) groups is 1. The maximum atomic E-state index is 12.5. The molecular formula is C16H20N2O. The SMILES string of the molecule is CCCN(CC1CC1)C(=O)C(C#N)c1ccccc1. The van der Waals surface area contributed by atoms with Crippen LogP contribution in [0.1, 0.15) is 37.7 Å². The van der Waals surface area contributed by atoms with Crippen molar-refractivity contribution in [2.45, 2.75) is 32.1 Å². The Kier molecular flexibility index (Phi) is 4.57. The first-order valence-electron chi connectivity index (χ1n) is 6.99. The minimum Gasteiger partial charge on any atom is -0.341 e. The third kappa shape index (κ3) is 3.57. The van der Waals surface area contributed by atoms with Crippen LogP contribution in [0, 0.1) is 17.2 Å². The van der Waals surface area contributed by atoms with Crippen molar-refractivity contribution in [3.8, 4) is 6.07 Å². The van der Waals surface area contributed by atoms with Crippen molar-refractivity contribution < 1.29 is 4.79 Å². The van der Waals surface area contributed by atoms with Gasteiger partial charge in [-0.1, -0.05) is 37.3 Å². The molecule has 1 saturated carbocycles. The van der Waals surface area contributed by atoms with Crippen LogP contribution in [0.4, 0.5) is 0 Å². The molecule has 0 spiro atoms. The minimum absolute atomic E-state index is 0.0394. The molecule has 0 heterocycles. The lowest BCUT2D eigenvalue weighted by Gasteiger charge is -2.24. The molecule has 0 saturated heterocycles. The Hall–Kier alpha value is -1.82. The average molecular weight is 256 g/mol. The van der Waals surface area contributed by atoms with Gasteiger partial charge in [-0.3, -0.25) is 4.79 Å². The van der Waals surface area contributed by atoms with Crippen molar-refractivity contribution >= 4 is 5.91 Å². The van der Waals surface area contributed by atoms with Gasteiger partial charge in [0.05, 0.1) is 6.07 Å². The van der Waals surface area contributed by atoms with Crippen molar-refractivity contribution in [3.05, 3.63) is 35.9 Å². The second kappa shape index (κ2) is 6.38. The highest BCUT2D eigenvalue weighted by Crippen LogP contribution is 2.30. The van der Waals surface area contributed by atoms with E-state index in [2.05, 4.69) is 13.0 Å². The van der Waals surface area contributed by atoms with Gasteiger partial charge in [0, 0.05) is 13.1 Å². The molecule has 1 aliphatic rings. The average Bonchev–Trinajstić information content (AvgIpc) is 3.24. The summed E-state index contributed by atoms with van der Waals surface area (Å²) in [6, 6.07) is 11.5. The maximum absolute atomic E-state index is 12.5. The van der Waals surface area contributed by atoms with E-state index in [1.165, 1.54) is 12.8 Å². The fourth-order valence-electron chi connectivity index (χ4n) is 2.27. The second-order valence-corrected chi connectivity index (χ2v) is 5.20. The number of rotatable bonds is 6. The molecule has 1 atom stereocenters. The summed E-state index contributed by atoms with van der Waals surface area (Å²) in [7, 11) is 0. The van der Waals surface area contributed by atoms with Crippen molar-refractivity contribution in [2.75, 3.05) is 13.1 Å². The van der Waals surface area contributed by atoms with E-state index < -0.39 is 5.92 Å². The van der Waals surface area contributed by atoms with Gasteiger partial charge in [-0.25, -0.2) is 0 Å². The first kappa shape index (κ1) is 13.6. The van der Waals surface area contributed by atoms with Crippen molar-refractivity contribution in [3.63, 3.8) is 0 Å². The first-order chi connectivity index (χ1) is 9.26. The largest absolute Gasteiger partial charge is 0.341 e. The van der Waals surface area contributed by atoms with Gasteiger partial charge in [-0.2, -0.15) is 5.26 Å². The van der Waals surface area contributed by atoms with E-state index >= 15 is 0 Å². The molecule has 0 bridgehead atoms. The molecule has 3 heteroatoms. The van der Waals surface area contributed by atoms with Crippen LogP contribution in [-0.2, 0) is 4.79 Å². The molecule has 3 nitrogen and oxygen atoms in total. The summed E-state index contributed by atoms with van der Waals surface area (Å²) in [6.07, 6.45) is 3.37. The highest BCUT2D eigenvalue weighted by Gasteiger charge is 2.30. The third-order valence-corrected chi connectivity index (χ3v) is 3.49. The zero-order valence-electron chi connectivity index (χ0n) is 11.4. The number of hydrogen-bond donors (Lipinski definition) is 0. The van der Waals surface area contributed by atoms with E-state index in [1.54, 1.807) is 0 Å². The Morgan fingerprint density at radius 1 is 1.42 bits per heavy atom. The summed E-state index contributed by atoms with van der Waals surface area (Å²) in [4.78, 5) is 14.4. The molecule has 100 valence electrons. The quantitative estimate of drug-likeness (QED) is 0.785. The van der Waals surface area contributed by atoms with E-state index in [1.807, 2.05) is 35.2 Å². The normalized spacial score (nSPS) is 15.6. The molecule has 0 N–H and O–H groups in total. The summed E-state index contributed by atoms with van der Waals surface area (Å²) in [5.74, 6) is -0.0421. The van der Waals surface area contributed by atoms with Crippen LogP contribution in [0.5, 0.6) is 0 Å². The predicted octanol–water partition coefficient (Wildman–Crippen LogP) is 2.94. The molecular weight excluding hydrogens is 236 g/mol. The topological polar surface area (TPSA) is 44.1 Å². The van der Waals surface area contributed by atoms with Crippen molar-refractivity contribution in [2.24, 2.45) is 5.92 Å². The van der Waals surface area contributed by atoms with E-state index in [9.17, 15) is 10.1 Å². The van der Waals surface area contributed by atoms with Crippen LogP contribution >= 0.6 is 0 Å². The monoisotopic (exact) mass is 256 g/mol. The predicted molar refractivity (Wildman–Crippen MR) is 74.4 cm³/mol. The number of benzene rings is 1. The van der Waals surface area contributed by atoms with Crippen molar-refractivity contribution in [1.82, 2.24) is 4.90 Å². The van der Waals surface area contributed by atoms with E-state index in [0.29, 0.717) is 5.92 Å². The zero-order chi connectivity index (χ0) is 13.7. The van der Waals surface area contributed by atoms with Gasteiger partial charge in [-0.15, -0.1) is 0 Å². The van der Waals surface area contributed by atoms with Gasteiger partial charge in [0.25, 0.3) is 0 Å². The van der Waals surface area contributed by atoms with Gasteiger partial charge < -0.3 is 4.90 Å². The van der Waals surface area contributed by atoms with Crippen LogP contribution < -0.4 is 0 Å². The first-order valence-corrected chi connectivity index (χ1v) is 6.99. The van der Waals surface area contributed by atoms with Gasteiger partial charge in [0.1, 0.15) is 5.92 Å². The molecule has 1 unspecified atom stereocenters. The van der Waals surface area contributed by atoms with Gasteiger partial charge in [0.15, 0.2) is 0 Å². The highest BCUT2D eigenvalue weighted by atomic mass is 16.2. The van der Waals surface area contributed by atoms with Gasteiger partial charge in [-0.05, 0) is 30.7 Å². The van der Waals surface area contributed by atoms with Crippen LogP contribution in [0.15, 0.2) is 30.3 Å². The number of amides is 1. The molecule has 1 amide bonds. The Labute approximate surface area is 114 Å². The van der Waals surface area contributed by atoms with Gasteiger partial charge >= 0.3 is 0 Å². The number of carbonyl (C=O) groups excluding carboxylic acids is 1. The Bertz CT molecular complexity index is 459. The van der Waals surface area contributed by atoms with Crippen molar-refractivity contribution in [1.29, 1.82) is 5.26 Å². The second-order valence-electron chi connectivity index (χ2n) is 5.20. The molecule has 1 aromatic carbocycles. The van der Waals surface area contributed by atoms with E-state index in [4.69, 9.17) is 0 Å². The summed E-state index contributed by atoms with van der Waals surface area (Å²) >= 11 is 0. The maximum Gasteiger partial charge on any atom is 0.244 e. The fourth-order valence-corrected chi connectivity index (χ4v) is 2.27. The third-order valence-electron chi connectivity index (χ3n) is 3.49. The summed E-state index contributed by atoms with van der Waals surface area (Å²) in [6.45, 7) is 3.63. The lowest BCUT2D eigenvalue weighted by Crippen LogP contribution is -2.37. The summed E-state index contributed by atoms with van der Waals surface area (Å²) in [5.41, 5.74) is 0.798. The summed E-state index contributed by atoms with van der Waals surface area (Å²) < 4.78 is 0. The molecule has 0 aromatic heterocycles. The molecule has 19 heavy (non-hydrogen) atoms. The molecule has 1 aromatic rings. The molecule has 1 aliphatic carbocycles. The highest BCUT2D eigenvalue weighted by molar-refractivity contribution is 5.86. The Morgan fingerprint density at radius 2 is 2.11 bits per heavy atom. The lowest BCUT2D eigenvalue weighted by molar-refractivity contribution is -0.131. The van der Waals surface area contributed by atoms with E-state index in [0.717, 1.165) is 25.1 Å². The molecule has 0 aliphatic heterocycles. The zero-order valence-corrected chi connectivity index (χ0v) is 11.4. The number of hydrogen-bond acceptors (Lipinski definition) is 2.